The van der Waals surface area contributed by atoms with Crippen molar-refractivity contribution in [2.45, 2.75) is 37.9 Å². The first-order valence-corrected chi connectivity index (χ1v) is 11.7. The normalized spacial score (nSPS) is 14.8. The van der Waals surface area contributed by atoms with Gasteiger partial charge in [0, 0.05) is 25.3 Å². The van der Waals surface area contributed by atoms with E-state index in [0.717, 1.165) is 31.5 Å². The number of sulfonamides is 1. The summed E-state index contributed by atoms with van der Waals surface area (Å²) in [6.45, 7) is 2.74. The van der Waals surface area contributed by atoms with Gasteiger partial charge in [-0.2, -0.15) is 0 Å². The summed E-state index contributed by atoms with van der Waals surface area (Å²) in [5, 5.41) is 0. The quantitative estimate of drug-likeness (QED) is 0.649. The summed E-state index contributed by atoms with van der Waals surface area (Å²) in [6, 6.07) is 15.9. The van der Waals surface area contributed by atoms with E-state index in [4.69, 9.17) is 4.74 Å². The summed E-state index contributed by atoms with van der Waals surface area (Å²) in [5.74, 6) is 0.634. The number of benzene rings is 2. The number of nitrogens with zero attached hydrogens (tertiary/aromatic N) is 1. The molecule has 0 spiro atoms. The summed E-state index contributed by atoms with van der Waals surface area (Å²) < 4.78 is 32.4. The molecule has 1 aliphatic rings. The van der Waals surface area contributed by atoms with Crippen molar-refractivity contribution in [3.63, 3.8) is 0 Å². The van der Waals surface area contributed by atoms with Crippen molar-refractivity contribution in [3.8, 4) is 5.75 Å². The smallest absolute Gasteiger partial charge is 0.215 e. The first kappa shape index (κ1) is 20.7. The summed E-state index contributed by atoms with van der Waals surface area (Å²) in [5.41, 5.74) is 3.26. The van der Waals surface area contributed by atoms with Gasteiger partial charge in [-0.1, -0.05) is 24.3 Å². The summed E-state index contributed by atoms with van der Waals surface area (Å²) in [6.07, 6.45) is 5.53. The van der Waals surface area contributed by atoms with Gasteiger partial charge in [0.1, 0.15) is 5.75 Å². The maximum atomic E-state index is 12.3. The van der Waals surface area contributed by atoms with Crippen molar-refractivity contribution < 1.29 is 13.2 Å². The number of rotatable bonds is 9. The molecule has 2 aromatic rings. The fraction of sp³-hybridized carbons (Fsp3) is 0.455. The summed E-state index contributed by atoms with van der Waals surface area (Å²) in [4.78, 5) is 2.44. The van der Waals surface area contributed by atoms with Gasteiger partial charge < -0.3 is 9.64 Å². The Morgan fingerprint density at radius 2 is 1.75 bits per heavy atom. The van der Waals surface area contributed by atoms with Crippen LogP contribution in [-0.2, 0) is 22.2 Å². The third-order valence-corrected chi connectivity index (χ3v) is 6.47. The zero-order chi connectivity index (χ0) is 19.8. The van der Waals surface area contributed by atoms with E-state index < -0.39 is 10.0 Å². The van der Waals surface area contributed by atoms with E-state index >= 15 is 0 Å². The first-order chi connectivity index (χ1) is 13.6. The topological polar surface area (TPSA) is 58.6 Å². The Hall–Kier alpha value is -2.05. The van der Waals surface area contributed by atoms with Gasteiger partial charge >= 0.3 is 0 Å². The van der Waals surface area contributed by atoms with Crippen LogP contribution in [0.15, 0.2) is 48.5 Å². The molecular formula is C22H30N2O3S. The zero-order valence-electron chi connectivity index (χ0n) is 16.6. The van der Waals surface area contributed by atoms with E-state index in [0.29, 0.717) is 12.3 Å². The van der Waals surface area contributed by atoms with Crippen LogP contribution in [0.3, 0.4) is 0 Å². The summed E-state index contributed by atoms with van der Waals surface area (Å²) >= 11 is 0. The molecule has 28 heavy (non-hydrogen) atoms. The molecule has 0 aliphatic carbocycles. The molecule has 1 N–H and O–H groups in total. The minimum atomic E-state index is -3.35. The number of aryl methyl sites for hydroxylation is 1. The minimum absolute atomic E-state index is 0.0330. The number of nitrogens with one attached hydrogen (secondary N) is 1. The Bertz CT molecular complexity index is 844. The number of hydrogen-bond donors (Lipinski definition) is 1. The molecule has 6 heteroatoms. The molecule has 0 atom stereocenters. The second kappa shape index (κ2) is 9.94. The van der Waals surface area contributed by atoms with E-state index in [2.05, 4.69) is 33.9 Å². The maximum absolute atomic E-state index is 12.3. The van der Waals surface area contributed by atoms with Gasteiger partial charge in [-0.3, -0.25) is 0 Å². The lowest BCUT2D eigenvalue weighted by Gasteiger charge is -2.28. The Morgan fingerprint density at radius 1 is 1.00 bits per heavy atom. The predicted octanol–water partition coefficient (Wildman–Crippen LogP) is 3.74. The monoisotopic (exact) mass is 402 g/mol. The van der Waals surface area contributed by atoms with Crippen LogP contribution in [0.2, 0.25) is 0 Å². The molecule has 0 aromatic heterocycles. The van der Waals surface area contributed by atoms with Gasteiger partial charge in [-0.05, 0) is 67.5 Å². The lowest BCUT2D eigenvalue weighted by atomic mass is 10.1. The van der Waals surface area contributed by atoms with Gasteiger partial charge in [0.2, 0.25) is 10.0 Å². The van der Waals surface area contributed by atoms with E-state index in [9.17, 15) is 8.42 Å². The van der Waals surface area contributed by atoms with Crippen molar-refractivity contribution in [1.82, 2.24) is 4.72 Å². The van der Waals surface area contributed by atoms with Crippen LogP contribution in [0.5, 0.6) is 5.75 Å². The van der Waals surface area contributed by atoms with Gasteiger partial charge in [0.25, 0.3) is 0 Å². The molecule has 5 nitrogen and oxygen atoms in total. The van der Waals surface area contributed by atoms with E-state index in [-0.39, 0.29) is 5.75 Å². The van der Waals surface area contributed by atoms with Gasteiger partial charge in [-0.25, -0.2) is 13.1 Å². The van der Waals surface area contributed by atoms with Crippen LogP contribution in [0.25, 0.3) is 0 Å². The molecule has 1 aliphatic heterocycles. The molecule has 0 unspecified atom stereocenters. The lowest BCUT2D eigenvalue weighted by Crippen LogP contribution is -2.29. The van der Waals surface area contributed by atoms with Gasteiger partial charge in [0.05, 0.1) is 12.9 Å². The molecule has 0 bridgehead atoms. The number of methoxy groups -OCH3 is 1. The molecular weight excluding hydrogens is 372 g/mol. The van der Waals surface area contributed by atoms with Crippen LogP contribution >= 0.6 is 0 Å². The van der Waals surface area contributed by atoms with Crippen molar-refractivity contribution >= 4 is 15.7 Å². The van der Waals surface area contributed by atoms with Crippen molar-refractivity contribution in [3.05, 3.63) is 59.7 Å². The van der Waals surface area contributed by atoms with Crippen LogP contribution in [0, 0.1) is 0 Å². The number of ether oxygens (including phenoxy) is 1. The Balaban J connectivity index is 1.43. The zero-order valence-corrected chi connectivity index (χ0v) is 17.4. The largest absolute Gasteiger partial charge is 0.497 e. The van der Waals surface area contributed by atoms with Crippen molar-refractivity contribution in [1.29, 1.82) is 0 Å². The molecule has 1 heterocycles. The van der Waals surface area contributed by atoms with Gasteiger partial charge in [-0.15, -0.1) is 0 Å². The third-order valence-electron chi connectivity index (χ3n) is 5.11. The molecule has 2 aromatic carbocycles. The third kappa shape index (κ3) is 6.24. The van der Waals surface area contributed by atoms with Crippen LogP contribution in [0.4, 0.5) is 5.69 Å². The number of anilines is 1. The Kier molecular flexibility index (Phi) is 7.34. The fourth-order valence-electron chi connectivity index (χ4n) is 3.58. The highest BCUT2D eigenvalue weighted by Gasteiger charge is 2.12. The van der Waals surface area contributed by atoms with Crippen LogP contribution < -0.4 is 14.4 Å². The highest BCUT2D eigenvalue weighted by Crippen LogP contribution is 2.20. The fourth-order valence-corrected chi connectivity index (χ4v) is 4.75. The SMILES string of the molecule is COc1cccc(CS(=O)(=O)NCCCc2ccc(N3CCCCC3)cc2)c1. The van der Waals surface area contributed by atoms with Crippen LogP contribution in [0.1, 0.15) is 36.8 Å². The number of piperidine rings is 1. The van der Waals surface area contributed by atoms with Crippen molar-refractivity contribution in [2.75, 3.05) is 31.6 Å². The predicted molar refractivity (Wildman–Crippen MR) is 114 cm³/mol. The lowest BCUT2D eigenvalue weighted by molar-refractivity contribution is 0.414. The molecule has 1 fully saturated rings. The molecule has 0 saturated carbocycles. The molecule has 1 saturated heterocycles. The van der Waals surface area contributed by atoms with E-state index in [1.165, 1.54) is 30.5 Å². The van der Waals surface area contributed by atoms with Crippen LogP contribution in [-0.4, -0.2) is 35.2 Å². The highest BCUT2D eigenvalue weighted by molar-refractivity contribution is 7.88. The number of hydrogen-bond acceptors (Lipinski definition) is 4. The molecule has 0 amide bonds. The van der Waals surface area contributed by atoms with E-state index in [1.54, 1.807) is 31.4 Å². The molecule has 3 rings (SSSR count). The molecule has 152 valence electrons. The average molecular weight is 403 g/mol. The summed E-state index contributed by atoms with van der Waals surface area (Å²) in [7, 11) is -1.77. The standard InChI is InChI=1S/C22H30N2O3S/c1-27-22-9-5-7-20(17-22)18-28(25,26)23-14-6-8-19-10-12-21(13-11-19)24-15-3-2-4-16-24/h5,7,9-13,17,23H,2-4,6,8,14-16,18H2,1H3. The highest BCUT2D eigenvalue weighted by atomic mass is 32.2. The second-order valence-electron chi connectivity index (χ2n) is 7.32. The maximum Gasteiger partial charge on any atom is 0.215 e. The second-order valence-corrected chi connectivity index (χ2v) is 9.13. The van der Waals surface area contributed by atoms with E-state index in [1.807, 2.05) is 0 Å². The average Bonchev–Trinajstić information content (AvgIpc) is 2.72. The Labute approximate surface area is 168 Å². The van der Waals surface area contributed by atoms with Crippen molar-refractivity contribution in [2.24, 2.45) is 0 Å². The minimum Gasteiger partial charge on any atom is -0.497 e. The molecule has 0 radical (unpaired) electrons. The first-order valence-electron chi connectivity index (χ1n) is 10.00. The Morgan fingerprint density at radius 3 is 2.46 bits per heavy atom. The van der Waals surface area contributed by atoms with Gasteiger partial charge in [0.15, 0.2) is 0 Å².